The number of anilines is 2. The molecule has 6 rings (SSSR count). The zero-order valence-corrected chi connectivity index (χ0v) is 25.4. The van der Waals surface area contributed by atoms with E-state index in [-0.39, 0.29) is 46.0 Å². The highest BCUT2D eigenvalue weighted by Gasteiger charge is 2.20. The lowest BCUT2D eigenvalue weighted by atomic mass is 10.2. The van der Waals surface area contributed by atoms with Gasteiger partial charge in [0.25, 0.3) is 5.56 Å². The van der Waals surface area contributed by atoms with Crippen molar-refractivity contribution in [3.8, 4) is 16.9 Å². The Morgan fingerprint density at radius 2 is 1.87 bits per heavy atom. The van der Waals surface area contributed by atoms with Crippen LogP contribution in [0.1, 0.15) is 16.0 Å². The number of nitrogens with zero attached hydrogens (tertiary/aromatic N) is 6. The van der Waals surface area contributed by atoms with Crippen LogP contribution in [0, 0.1) is 17.1 Å². The zero-order chi connectivity index (χ0) is 31.8. The molecule has 0 fully saturated rings. The maximum absolute atomic E-state index is 14.6. The van der Waals surface area contributed by atoms with Crippen LogP contribution in [0.2, 0.25) is 10.0 Å². The number of H-pyrrole nitrogens is 1. The van der Waals surface area contributed by atoms with Crippen molar-refractivity contribution in [2.45, 2.75) is 13.1 Å². The van der Waals surface area contributed by atoms with E-state index in [1.54, 1.807) is 48.3 Å². The molecular weight excluding hydrogens is 646 g/mol. The highest BCUT2D eigenvalue weighted by atomic mass is 35.5. The summed E-state index contributed by atoms with van der Waals surface area (Å²) >= 11 is 13.7. The third-order valence-electron chi connectivity index (χ3n) is 6.67. The average Bonchev–Trinajstić information content (AvgIpc) is 3.61. The Morgan fingerprint density at radius 3 is 2.62 bits per heavy atom. The van der Waals surface area contributed by atoms with E-state index in [1.807, 2.05) is 6.07 Å². The molecule has 0 bridgehead atoms. The summed E-state index contributed by atoms with van der Waals surface area (Å²) in [5.41, 5.74) is -0.913. The van der Waals surface area contributed by atoms with Gasteiger partial charge in [0.2, 0.25) is 5.95 Å². The number of halogens is 3. The van der Waals surface area contributed by atoms with E-state index in [2.05, 4.69) is 20.4 Å². The quantitative estimate of drug-likeness (QED) is 0.231. The lowest BCUT2D eigenvalue weighted by molar-refractivity contribution is 0.478. The molecule has 2 N–H and O–H groups in total. The summed E-state index contributed by atoms with van der Waals surface area (Å²) in [6.07, 6.45) is 3.19. The Kier molecular flexibility index (Phi) is 7.98. The fourth-order valence-electron chi connectivity index (χ4n) is 4.54. The number of nitrogens with one attached hydrogen (secondary N) is 2. The number of thiophene rings is 1. The molecule has 0 aliphatic rings. The van der Waals surface area contributed by atoms with E-state index < -0.39 is 22.8 Å². The van der Waals surface area contributed by atoms with E-state index in [1.165, 1.54) is 18.3 Å². The predicted molar refractivity (Wildman–Crippen MR) is 168 cm³/mol. The van der Waals surface area contributed by atoms with Crippen molar-refractivity contribution >= 4 is 57.1 Å². The summed E-state index contributed by atoms with van der Waals surface area (Å²) in [5.74, 6) is -0.961. The maximum Gasteiger partial charge on any atom is 0.355 e. The number of hydrogen-bond acceptors (Lipinski definition) is 9. The Labute approximate surface area is 266 Å². The Balaban J connectivity index is 1.49. The SMILES string of the molecule is Cn1cc2cc(Nc3nc(=O)n(Cc4ccc[nH]c4=O)c(=O)n3Cc3cc(Cl)c(F)cc3Oc3ccc(C#N)s3)c(Cl)cc2n1. The van der Waals surface area contributed by atoms with Gasteiger partial charge in [-0.05, 0) is 36.4 Å². The van der Waals surface area contributed by atoms with Crippen molar-refractivity contribution in [2.24, 2.45) is 7.05 Å². The molecule has 0 aliphatic carbocycles. The third kappa shape index (κ3) is 6.09. The fraction of sp³-hybridized carbons (Fsp3) is 0.103. The van der Waals surface area contributed by atoms with E-state index in [0.717, 1.165) is 31.9 Å². The summed E-state index contributed by atoms with van der Waals surface area (Å²) < 4.78 is 24.1. The monoisotopic (exact) mass is 664 g/mol. The molecule has 0 unspecified atom stereocenters. The molecule has 2 aromatic carbocycles. The minimum Gasteiger partial charge on any atom is -0.446 e. The molecular formula is C29H19Cl2FN8O4S. The number of ether oxygens (including phenoxy) is 1. The van der Waals surface area contributed by atoms with Gasteiger partial charge in [0.1, 0.15) is 22.5 Å². The lowest BCUT2D eigenvalue weighted by Crippen LogP contribution is -2.43. The van der Waals surface area contributed by atoms with E-state index in [4.69, 9.17) is 27.9 Å². The largest absolute Gasteiger partial charge is 0.446 e. The Hall–Kier alpha value is -5.23. The van der Waals surface area contributed by atoms with E-state index in [9.17, 15) is 24.0 Å². The number of rotatable bonds is 8. The maximum atomic E-state index is 14.6. The number of benzene rings is 2. The third-order valence-corrected chi connectivity index (χ3v) is 8.14. The number of nitriles is 1. The molecule has 0 spiro atoms. The summed E-state index contributed by atoms with van der Waals surface area (Å²) in [7, 11) is 1.75. The molecule has 0 radical (unpaired) electrons. The second kappa shape index (κ2) is 12.0. The molecule has 6 aromatic rings. The highest BCUT2D eigenvalue weighted by Crippen LogP contribution is 2.35. The molecule has 0 saturated heterocycles. The summed E-state index contributed by atoms with van der Waals surface area (Å²) in [6, 6.07) is 13.8. The van der Waals surface area contributed by atoms with Crippen LogP contribution in [-0.4, -0.2) is 28.9 Å². The summed E-state index contributed by atoms with van der Waals surface area (Å²) in [5, 5.41) is 17.5. The minimum absolute atomic E-state index is 0.00755. The number of hydrogen-bond donors (Lipinski definition) is 2. The average molecular weight is 665 g/mol. The van der Waals surface area contributed by atoms with Crippen LogP contribution in [-0.2, 0) is 20.1 Å². The first-order chi connectivity index (χ1) is 21.6. The number of fused-ring (bicyclic) bond motifs is 1. The molecule has 12 nitrogen and oxygen atoms in total. The minimum atomic E-state index is -0.934. The molecule has 4 aromatic heterocycles. The smallest absolute Gasteiger partial charge is 0.355 e. The van der Waals surface area contributed by atoms with Gasteiger partial charge in [-0.1, -0.05) is 40.6 Å². The topological polar surface area (TPSA) is 153 Å². The highest BCUT2D eigenvalue weighted by molar-refractivity contribution is 7.14. The van der Waals surface area contributed by atoms with Gasteiger partial charge in [0.05, 0.1) is 34.3 Å². The van der Waals surface area contributed by atoms with Gasteiger partial charge in [-0.2, -0.15) is 15.3 Å². The van der Waals surface area contributed by atoms with Crippen molar-refractivity contribution in [2.75, 3.05) is 5.32 Å². The number of aryl methyl sites for hydroxylation is 1. The Bertz CT molecular complexity index is 2340. The van der Waals surface area contributed by atoms with Gasteiger partial charge in [-0.3, -0.25) is 14.0 Å². The summed E-state index contributed by atoms with van der Waals surface area (Å²) in [6.45, 7) is -0.679. The number of aromatic nitrogens is 6. The summed E-state index contributed by atoms with van der Waals surface area (Å²) in [4.78, 5) is 46.6. The zero-order valence-electron chi connectivity index (χ0n) is 23.0. The van der Waals surface area contributed by atoms with Gasteiger partial charge >= 0.3 is 11.4 Å². The molecule has 45 heavy (non-hydrogen) atoms. The molecule has 0 atom stereocenters. The van der Waals surface area contributed by atoms with Gasteiger partial charge in [-0.25, -0.2) is 18.5 Å². The first kappa shape index (κ1) is 29.8. The van der Waals surface area contributed by atoms with Crippen molar-refractivity contribution in [1.82, 2.24) is 28.9 Å². The number of pyridine rings is 1. The van der Waals surface area contributed by atoms with Crippen molar-refractivity contribution in [3.63, 3.8) is 0 Å². The van der Waals surface area contributed by atoms with Gasteiger partial charge in [0, 0.05) is 42.0 Å². The standard InChI is InChI=1S/C29H19Cl2FN8O4S/c1-38-12-16-8-23(20(31)9-22(16)37-38)35-27-36-28(42)40(13-15-3-2-6-34-26(15)41)29(43)39(27)14-17-7-19(30)21(32)10-24(17)44-25-5-4-18(11-33)45-25/h2-10,12H,13-14H2,1H3,(H,34,41)(H,35,36,42). The van der Waals surface area contributed by atoms with Gasteiger partial charge in [0.15, 0.2) is 5.06 Å². The second-order valence-electron chi connectivity index (χ2n) is 9.72. The molecule has 0 aliphatic heterocycles. The number of aromatic amines is 1. The van der Waals surface area contributed by atoms with Crippen LogP contribution in [0.4, 0.5) is 16.0 Å². The lowest BCUT2D eigenvalue weighted by Gasteiger charge is -2.18. The van der Waals surface area contributed by atoms with Crippen LogP contribution >= 0.6 is 34.5 Å². The molecule has 4 heterocycles. The van der Waals surface area contributed by atoms with Crippen LogP contribution in [0.5, 0.6) is 10.8 Å². The normalized spacial score (nSPS) is 11.1. The first-order valence-electron chi connectivity index (χ1n) is 13.0. The van der Waals surface area contributed by atoms with Crippen LogP contribution < -0.4 is 27.0 Å². The van der Waals surface area contributed by atoms with Crippen LogP contribution in [0.3, 0.4) is 0 Å². The van der Waals surface area contributed by atoms with E-state index >= 15 is 0 Å². The fourth-order valence-corrected chi connectivity index (χ4v) is 5.60. The van der Waals surface area contributed by atoms with Crippen molar-refractivity contribution in [3.05, 3.63) is 124 Å². The van der Waals surface area contributed by atoms with Crippen LogP contribution in [0.25, 0.3) is 10.9 Å². The second-order valence-corrected chi connectivity index (χ2v) is 11.6. The predicted octanol–water partition coefficient (Wildman–Crippen LogP) is 4.99. The molecule has 0 amide bonds. The van der Waals surface area contributed by atoms with Crippen LogP contribution in [0.15, 0.2) is 75.3 Å². The van der Waals surface area contributed by atoms with Gasteiger partial charge < -0.3 is 15.0 Å². The molecule has 226 valence electrons. The molecule has 0 saturated carbocycles. The van der Waals surface area contributed by atoms with E-state index in [0.29, 0.717) is 21.1 Å². The van der Waals surface area contributed by atoms with Gasteiger partial charge in [-0.15, -0.1) is 0 Å². The van der Waals surface area contributed by atoms with Crippen molar-refractivity contribution in [1.29, 1.82) is 5.26 Å². The molecule has 16 heteroatoms. The first-order valence-corrected chi connectivity index (χ1v) is 14.6. The van der Waals surface area contributed by atoms with Crippen molar-refractivity contribution < 1.29 is 9.13 Å². The Morgan fingerprint density at radius 1 is 1.07 bits per heavy atom.